The first kappa shape index (κ1) is 21.2. The van der Waals surface area contributed by atoms with Gasteiger partial charge in [-0.3, -0.25) is 4.68 Å². The van der Waals surface area contributed by atoms with Gasteiger partial charge in [-0.25, -0.2) is 4.98 Å². The highest BCUT2D eigenvalue weighted by atomic mass is 15.3. The Labute approximate surface area is 194 Å². The number of nitrogens with zero attached hydrogens (tertiary/aromatic N) is 4. The van der Waals surface area contributed by atoms with Crippen molar-refractivity contribution in [3.63, 3.8) is 0 Å². The van der Waals surface area contributed by atoms with Gasteiger partial charge in [0, 0.05) is 48.0 Å². The Hall–Kier alpha value is -3.71. The summed E-state index contributed by atoms with van der Waals surface area (Å²) in [4.78, 5) is 9.49. The quantitative estimate of drug-likeness (QED) is 0.387. The normalized spacial score (nSPS) is 12.9. The van der Waals surface area contributed by atoms with E-state index in [4.69, 9.17) is 4.98 Å². The van der Waals surface area contributed by atoms with Crippen LogP contribution >= 0.6 is 0 Å². The lowest BCUT2D eigenvalue weighted by Crippen LogP contribution is -2.23. The summed E-state index contributed by atoms with van der Waals surface area (Å²) in [6.07, 6.45) is 6.81. The molecule has 0 aliphatic carbocycles. The lowest BCUT2D eigenvalue weighted by atomic mass is 10.0. The summed E-state index contributed by atoms with van der Waals surface area (Å²) in [7, 11) is 0. The van der Waals surface area contributed by atoms with Crippen molar-refractivity contribution in [3.8, 4) is 11.1 Å². The van der Waals surface area contributed by atoms with E-state index < -0.39 is 0 Å². The molecule has 0 amide bonds. The molecule has 0 radical (unpaired) electrons. The highest BCUT2D eigenvalue weighted by Crippen LogP contribution is 2.31. The number of nitrogens with one attached hydrogen (secondary N) is 3. The van der Waals surface area contributed by atoms with Crippen LogP contribution in [0.2, 0.25) is 0 Å². The van der Waals surface area contributed by atoms with Gasteiger partial charge in [0.2, 0.25) is 5.95 Å². The molecule has 2 aromatic carbocycles. The van der Waals surface area contributed by atoms with E-state index in [9.17, 15) is 0 Å². The molecule has 7 heteroatoms. The monoisotopic (exact) mass is 439 g/mol. The van der Waals surface area contributed by atoms with Crippen LogP contribution in [0, 0.1) is 13.8 Å². The van der Waals surface area contributed by atoms with Crippen LogP contribution in [0.5, 0.6) is 0 Å². The molecule has 0 atom stereocenters. The van der Waals surface area contributed by atoms with Gasteiger partial charge in [0.25, 0.3) is 0 Å². The number of anilines is 4. The van der Waals surface area contributed by atoms with Gasteiger partial charge in [0.1, 0.15) is 5.82 Å². The Morgan fingerprint density at radius 2 is 1.97 bits per heavy atom. The summed E-state index contributed by atoms with van der Waals surface area (Å²) in [5.74, 6) is 1.30. The lowest BCUT2D eigenvalue weighted by molar-refractivity contribution is 0.644. The van der Waals surface area contributed by atoms with Crippen LogP contribution in [0.25, 0.3) is 11.1 Å². The zero-order valence-corrected chi connectivity index (χ0v) is 19.3. The van der Waals surface area contributed by atoms with E-state index in [1.54, 1.807) is 0 Å². The predicted molar refractivity (Wildman–Crippen MR) is 133 cm³/mol. The molecule has 0 bridgehead atoms. The topological polar surface area (TPSA) is 79.7 Å². The third kappa shape index (κ3) is 4.45. The van der Waals surface area contributed by atoms with E-state index in [2.05, 4.69) is 77.1 Å². The van der Waals surface area contributed by atoms with Crippen molar-refractivity contribution < 1.29 is 0 Å². The third-order valence-corrected chi connectivity index (χ3v) is 6.26. The second kappa shape index (κ2) is 9.03. The van der Waals surface area contributed by atoms with Crippen LogP contribution in [-0.4, -0.2) is 26.3 Å². The Morgan fingerprint density at radius 3 is 2.82 bits per heavy atom. The predicted octanol–water partition coefficient (Wildman–Crippen LogP) is 5.11. The maximum atomic E-state index is 4.87. The van der Waals surface area contributed by atoms with Crippen LogP contribution < -0.4 is 16.0 Å². The SMILES string of the molecule is CCn1cc(-c2cnc(Nc3cccc(C)c3C)nc2Nc2ccc3c(c2)CNCC3)cn1. The second-order valence-corrected chi connectivity index (χ2v) is 8.45. The third-order valence-electron chi connectivity index (χ3n) is 6.26. The van der Waals surface area contributed by atoms with E-state index in [0.717, 1.165) is 54.4 Å². The number of hydrogen-bond acceptors (Lipinski definition) is 6. The Morgan fingerprint density at radius 1 is 1.06 bits per heavy atom. The molecule has 3 N–H and O–H groups in total. The van der Waals surface area contributed by atoms with Crippen molar-refractivity contribution in [1.29, 1.82) is 0 Å². The largest absolute Gasteiger partial charge is 0.340 e. The van der Waals surface area contributed by atoms with E-state index >= 15 is 0 Å². The van der Waals surface area contributed by atoms with Gasteiger partial charge >= 0.3 is 0 Å². The van der Waals surface area contributed by atoms with Crippen LogP contribution in [0.3, 0.4) is 0 Å². The Kier molecular flexibility index (Phi) is 5.79. The minimum absolute atomic E-state index is 0.553. The highest BCUT2D eigenvalue weighted by Gasteiger charge is 2.15. The number of aryl methyl sites for hydroxylation is 2. The first-order valence-electron chi connectivity index (χ1n) is 11.4. The van der Waals surface area contributed by atoms with Gasteiger partial charge in [-0.05, 0) is 74.2 Å². The van der Waals surface area contributed by atoms with Gasteiger partial charge in [0.15, 0.2) is 0 Å². The van der Waals surface area contributed by atoms with Gasteiger partial charge < -0.3 is 16.0 Å². The zero-order chi connectivity index (χ0) is 22.8. The summed E-state index contributed by atoms with van der Waals surface area (Å²) in [6.45, 7) is 9.02. The van der Waals surface area contributed by atoms with Gasteiger partial charge in [-0.15, -0.1) is 0 Å². The molecule has 0 saturated carbocycles. The van der Waals surface area contributed by atoms with Crippen molar-refractivity contribution >= 4 is 23.1 Å². The molecule has 0 fully saturated rings. The van der Waals surface area contributed by atoms with Crippen LogP contribution in [0.4, 0.5) is 23.1 Å². The highest BCUT2D eigenvalue weighted by molar-refractivity contribution is 5.78. The summed E-state index contributed by atoms with van der Waals surface area (Å²) in [5.41, 5.74) is 9.06. The fraction of sp³-hybridized carbons (Fsp3) is 0.269. The number of hydrogen-bond donors (Lipinski definition) is 3. The molecular weight excluding hydrogens is 410 g/mol. The van der Waals surface area contributed by atoms with Gasteiger partial charge in [0.05, 0.1) is 6.20 Å². The minimum Gasteiger partial charge on any atom is -0.340 e. The maximum Gasteiger partial charge on any atom is 0.229 e. The summed E-state index contributed by atoms with van der Waals surface area (Å²) in [5, 5.41) is 14.8. The second-order valence-electron chi connectivity index (χ2n) is 8.45. The minimum atomic E-state index is 0.553. The molecule has 3 heterocycles. The average molecular weight is 440 g/mol. The first-order valence-corrected chi connectivity index (χ1v) is 11.4. The van der Waals surface area contributed by atoms with E-state index in [1.165, 1.54) is 22.3 Å². The average Bonchev–Trinajstić information content (AvgIpc) is 3.31. The van der Waals surface area contributed by atoms with Crippen molar-refractivity contribution in [2.24, 2.45) is 0 Å². The fourth-order valence-electron chi connectivity index (χ4n) is 4.13. The molecule has 0 saturated heterocycles. The summed E-state index contributed by atoms with van der Waals surface area (Å²) in [6, 6.07) is 12.7. The maximum absolute atomic E-state index is 4.87. The fourth-order valence-corrected chi connectivity index (χ4v) is 4.13. The number of benzene rings is 2. The van der Waals surface area contributed by atoms with Crippen LogP contribution in [0.1, 0.15) is 29.2 Å². The molecule has 33 heavy (non-hydrogen) atoms. The van der Waals surface area contributed by atoms with E-state index in [1.807, 2.05) is 29.3 Å². The molecule has 7 nitrogen and oxygen atoms in total. The molecule has 1 aliphatic rings. The number of rotatable bonds is 6. The molecule has 0 unspecified atom stereocenters. The van der Waals surface area contributed by atoms with Crippen LogP contribution in [-0.2, 0) is 19.5 Å². The number of aromatic nitrogens is 4. The Bertz CT molecular complexity index is 1290. The summed E-state index contributed by atoms with van der Waals surface area (Å²) >= 11 is 0. The standard InChI is InChI=1S/C26H29N7/c1-4-33-16-21(14-29-33)23-15-28-26(31-24-7-5-6-17(2)18(24)3)32-25(23)30-22-9-8-19-10-11-27-13-20(19)12-22/h5-9,12,14-16,27H,4,10-11,13H2,1-3H3,(H2,28,30,31,32). The molecule has 0 spiro atoms. The van der Waals surface area contributed by atoms with E-state index in [0.29, 0.717) is 5.95 Å². The number of fused-ring (bicyclic) bond motifs is 1. The molecule has 1 aliphatic heterocycles. The van der Waals surface area contributed by atoms with Crippen molar-refractivity contribution in [3.05, 3.63) is 77.2 Å². The Balaban J connectivity index is 1.52. The molecule has 5 rings (SSSR count). The summed E-state index contributed by atoms with van der Waals surface area (Å²) < 4.78 is 1.91. The molecule has 168 valence electrons. The van der Waals surface area contributed by atoms with Crippen molar-refractivity contribution in [2.75, 3.05) is 17.2 Å². The van der Waals surface area contributed by atoms with Gasteiger partial charge in [-0.1, -0.05) is 18.2 Å². The lowest BCUT2D eigenvalue weighted by Gasteiger charge is -2.19. The smallest absolute Gasteiger partial charge is 0.229 e. The first-order chi connectivity index (χ1) is 16.1. The molecular formula is C26H29N7. The van der Waals surface area contributed by atoms with E-state index in [-0.39, 0.29) is 0 Å². The van der Waals surface area contributed by atoms with Crippen LogP contribution in [0.15, 0.2) is 55.0 Å². The van der Waals surface area contributed by atoms with Crippen molar-refractivity contribution in [2.45, 2.75) is 40.3 Å². The molecule has 2 aromatic heterocycles. The van der Waals surface area contributed by atoms with Crippen molar-refractivity contribution in [1.82, 2.24) is 25.1 Å². The zero-order valence-electron chi connectivity index (χ0n) is 19.3. The van der Waals surface area contributed by atoms with Gasteiger partial charge in [-0.2, -0.15) is 10.1 Å². The molecule has 4 aromatic rings.